The molecule has 1 saturated heterocycles. The van der Waals surface area contributed by atoms with Gasteiger partial charge in [0.2, 0.25) is 5.12 Å². The lowest BCUT2D eigenvalue weighted by Crippen LogP contribution is -2.35. The molecule has 0 aromatic rings. The minimum absolute atomic E-state index is 0.284. The Labute approximate surface area is 125 Å². The maximum Gasteiger partial charge on any atom is 0.324 e. The molecule has 1 fully saturated rings. The number of thioether (sulfide) groups is 1. The summed E-state index contributed by atoms with van der Waals surface area (Å²) < 4.78 is 3.79. The Morgan fingerprint density at radius 2 is 1.80 bits per heavy atom. The third-order valence-corrected chi connectivity index (χ3v) is 5.08. The number of unbranched alkanes of at least 4 members (excludes halogenated alkanes) is 5. The molecular weight excluding hydrogens is 276 g/mol. The fraction of sp³-hybridized carbons (Fsp3) is 0.800. The molecular formula is C15H24O4S. The van der Waals surface area contributed by atoms with Crippen molar-refractivity contribution in [2.75, 3.05) is 7.11 Å². The zero-order valence-electron chi connectivity index (χ0n) is 12.6. The Morgan fingerprint density at radius 1 is 1.20 bits per heavy atom. The van der Waals surface area contributed by atoms with Crippen LogP contribution in [-0.2, 0) is 19.1 Å². The number of hydrogen-bond donors (Lipinski definition) is 0. The van der Waals surface area contributed by atoms with Gasteiger partial charge in [0.25, 0.3) is 0 Å². The highest BCUT2D eigenvalue weighted by molar-refractivity contribution is 8.16. The maximum absolute atomic E-state index is 12.3. The molecule has 0 aromatic carbocycles. The number of ketones is 1. The summed E-state index contributed by atoms with van der Waals surface area (Å²) in [7, 11) is 1.21. The van der Waals surface area contributed by atoms with E-state index in [1.54, 1.807) is 6.92 Å². The molecule has 4 nitrogen and oxygen atoms in total. The monoisotopic (exact) mass is 300 g/mol. The lowest BCUT2D eigenvalue weighted by Gasteiger charge is -2.20. The fourth-order valence-electron chi connectivity index (χ4n) is 2.48. The van der Waals surface area contributed by atoms with Gasteiger partial charge < -0.3 is 4.74 Å². The predicted molar refractivity (Wildman–Crippen MR) is 79.5 cm³/mol. The van der Waals surface area contributed by atoms with E-state index in [1.165, 1.54) is 26.4 Å². The van der Waals surface area contributed by atoms with E-state index in [0.717, 1.165) is 31.0 Å². The molecule has 0 bridgehead atoms. The Morgan fingerprint density at radius 3 is 2.40 bits per heavy atom. The molecule has 20 heavy (non-hydrogen) atoms. The van der Waals surface area contributed by atoms with Gasteiger partial charge in [0, 0.05) is 0 Å². The Balaban J connectivity index is 2.47. The second kappa shape index (κ2) is 7.81. The number of methoxy groups -OCH3 is 1. The number of hydrogen-bond acceptors (Lipinski definition) is 5. The van der Waals surface area contributed by atoms with Crippen LogP contribution in [0.25, 0.3) is 0 Å². The van der Waals surface area contributed by atoms with Crippen LogP contribution in [0.4, 0.5) is 0 Å². The van der Waals surface area contributed by atoms with Gasteiger partial charge in [-0.3, -0.25) is 14.4 Å². The van der Waals surface area contributed by atoms with E-state index in [0.29, 0.717) is 6.42 Å². The first-order chi connectivity index (χ1) is 9.46. The van der Waals surface area contributed by atoms with Crippen molar-refractivity contribution in [3.63, 3.8) is 0 Å². The minimum Gasteiger partial charge on any atom is -0.468 e. The predicted octanol–water partition coefficient (Wildman–Crippen LogP) is 3.13. The van der Waals surface area contributed by atoms with Crippen LogP contribution < -0.4 is 0 Å². The van der Waals surface area contributed by atoms with E-state index in [2.05, 4.69) is 11.7 Å². The quantitative estimate of drug-likeness (QED) is 0.391. The normalized spacial score (nSPS) is 26.1. The van der Waals surface area contributed by atoms with Gasteiger partial charge in [0.05, 0.1) is 11.9 Å². The van der Waals surface area contributed by atoms with E-state index in [-0.39, 0.29) is 10.9 Å². The summed E-state index contributed by atoms with van der Waals surface area (Å²) >= 11 is 1.01. The summed E-state index contributed by atoms with van der Waals surface area (Å²) in [6.07, 6.45) is 7.48. The summed E-state index contributed by atoms with van der Waals surface area (Å²) in [5.41, 5.74) is 0. The molecule has 5 heteroatoms. The van der Waals surface area contributed by atoms with E-state index in [4.69, 9.17) is 0 Å². The van der Waals surface area contributed by atoms with Gasteiger partial charge in [-0.05, 0) is 13.3 Å². The summed E-state index contributed by atoms with van der Waals surface area (Å²) in [5.74, 6) is -2.22. The molecule has 114 valence electrons. The Kier molecular flexibility index (Phi) is 6.72. The maximum atomic E-state index is 12.3. The van der Waals surface area contributed by atoms with E-state index in [1.807, 2.05) is 0 Å². The molecule has 1 aliphatic rings. The third kappa shape index (κ3) is 4.08. The fourth-order valence-corrected chi connectivity index (χ4v) is 3.71. The summed E-state index contributed by atoms with van der Waals surface area (Å²) in [6, 6.07) is 0. The van der Waals surface area contributed by atoms with Crippen LogP contribution in [0.15, 0.2) is 0 Å². The number of carbonyl (C=O) groups is 3. The highest BCUT2D eigenvalue weighted by Crippen LogP contribution is 2.43. The molecule has 0 saturated carbocycles. The molecule has 0 amide bonds. The van der Waals surface area contributed by atoms with Gasteiger partial charge >= 0.3 is 5.97 Å². The number of esters is 1. The van der Waals surface area contributed by atoms with Crippen LogP contribution in [0.1, 0.15) is 58.8 Å². The second-order valence-electron chi connectivity index (χ2n) is 5.49. The van der Waals surface area contributed by atoms with Crippen LogP contribution in [0.2, 0.25) is 0 Å². The van der Waals surface area contributed by atoms with Gasteiger partial charge in [-0.25, -0.2) is 0 Å². The minimum atomic E-state index is -1.21. The summed E-state index contributed by atoms with van der Waals surface area (Å²) in [4.78, 5) is 35.6. The number of ether oxygens (including phenoxy) is 1. The largest absolute Gasteiger partial charge is 0.468 e. The van der Waals surface area contributed by atoms with Crippen molar-refractivity contribution in [3.05, 3.63) is 0 Å². The second-order valence-corrected chi connectivity index (χ2v) is 7.00. The highest BCUT2D eigenvalue weighted by Gasteiger charge is 2.54. The molecule has 1 unspecified atom stereocenters. The zero-order valence-corrected chi connectivity index (χ0v) is 13.4. The number of carbonyl (C=O) groups excluding carboxylic acids is 3. The lowest BCUT2D eigenvalue weighted by atomic mass is 9.90. The molecule has 1 rings (SSSR count). The van der Waals surface area contributed by atoms with Crippen molar-refractivity contribution in [2.24, 2.45) is 5.92 Å². The topological polar surface area (TPSA) is 60.4 Å². The van der Waals surface area contributed by atoms with E-state index >= 15 is 0 Å². The summed E-state index contributed by atoms with van der Waals surface area (Å²) in [5, 5.41) is -0.365. The van der Waals surface area contributed by atoms with Gasteiger partial charge in [-0.2, -0.15) is 0 Å². The Bertz CT molecular complexity index is 380. The Hall–Kier alpha value is -0.840. The molecule has 1 aliphatic heterocycles. The first kappa shape index (κ1) is 17.2. The molecule has 0 aliphatic carbocycles. The number of Topliss-reactive ketones (excluding diaryl/α,β-unsaturated/α-hetero) is 1. The van der Waals surface area contributed by atoms with Gasteiger partial charge in [0.15, 0.2) is 11.7 Å². The first-order valence-corrected chi connectivity index (χ1v) is 8.13. The molecule has 0 N–H and O–H groups in total. The molecule has 0 aromatic heterocycles. The van der Waals surface area contributed by atoms with Crippen LogP contribution in [0.3, 0.4) is 0 Å². The van der Waals surface area contributed by atoms with Gasteiger partial charge in [-0.1, -0.05) is 57.2 Å². The van der Waals surface area contributed by atoms with Crippen molar-refractivity contribution in [1.82, 2.24) is 0 Å². The SMILES string of the molecule is CCCCCCCC[C@@]1(C)SC(=O)C(C(=O)OC)C1=O. The van der Waals surface area contributed by atoms with Crippen molar-refractivity contribution >= 4 is 28.6 Å². The van der Waals surface area contributed by atoms with E-state index in [9.17, 15) is 14.4 Å². The molecule has 1 heterocycles. The van der Waals surface area contributed by atoms with Gasteiger partial charge in [0.1, 0.15) is 0 Å². The number of rotatable bonds is 8. The molecule has 2 atom stereocenters. The van der Waals surface area contributed by atoms with Crippen molar-refractivity contribution < 1.29 is 19.1 Å². The molecule has 0 spiro atoms. The van der Waals surface area contributed by atoms with E-state index < -0.39 is 16.6 Å². The first-order valence-electron chi connectivity index (χ1n) is 7.31. The van der Waals surface area contributed by atoms with Crippen molar-refractivity contribution in [1.29, 1.82) is 0 Å². The smallest absolute Gasteiger partial charge is 0.324 e. The van der Waals surface area contributed by atoms with Crippen LogP contribution in [0, 0.1) is 5.92 Å². The lowest BCUT2D eigenvalue weighted by molar-refractivity contribution is -0.150. The van der Waals surface area contributed by atoms with Gasteiger partial charge in [-0.15, -0.1) is 0 Å². The van der Waals surface area contributed by atoms with Crippen LogP contribution >= 0.6 is 11.8 Å². The molecule has 0 radical (unpaired) electrons. The summed E-state index contributed by atoms with van der Waals surface area (Å²) in [6.45, 7) is 3.94. The third-order valence-electron chi connectivity index (χ3n) is 3.79. The zero-order chi connectivity index (χ0) is 15.2. The average molecular weight is 300 g/mol. The highest BCUT2D eigenvalue weighted by atomic mass is 32.2. The van der Waals surface area contributed by atoms with Crippen molar-refractivity contribution in [3.8, 4) is 0 Å². The van der Waals surface area contributed by atoms with Crippen molar-refractivity contribution in [2.45, 2.75) is 63.5 Å². The average Bonchev–Trinajstić information content (AvgIpc) is 2.64. The van der Waals surface area contributed by atoms with Crippen LogP contribution in [-0.4, -0.2) is 28.7 Å². The standard InChI is InChI=1S/C15H24O4S/c1-4-5-6-7-8-9-10-15(2)12(16)11(13(17)19-3)14(18)20-15/h11H,4-10H2,1-3H3/t11?,15-/m1/s1. The van der Waals surface area contributed by atoms with Crippen LogP contribution in [0.5, 0.6) is 0 Å².